The van der Waals surface area contributed by atoms with Crippen molar-refractivity contribution in [1.82, 2.24) is 5.01 Å². The molecule has 0 aliphatic carbocycles. The number of rotatable bonds is 3. The first-order valence-electron chi connectivity index (χ1n) is 9.45. The second-order valence-electron chi connectivity index (χ2n) is 7.18. The maximum atomic E-state index is 14.0. The molecule has 3 aromatic rings. The molecule has 2 aliphatic rings. The predicted molar refractivity (Wildman–Crippen MR) is 105 cm³/mol. The molecule has 2 atom stereocenters. The molecule has 3 aromatic carbocycles. The predicted octanol–water partition coefficient (Wildman–Crippen LogP) is 5.35. The molecular weight excluding hydrogens is 393 g/mol. The fourth-order valence-electron chi connectivity index (χ4n) is 3.95. The lowest BCUT2D eigenvalue weighted by Gasteiger charge is -2.38. The van der Waals surface area contributed by atoms with Gasteiger partial charge in [0, 0.05) is 17.5 Å². The van der Waals surface area contributed by atoms with E-state index < -0.39 is 17.9 Å². The number of hydrogen-bond acceptors (Lipinski definition) is 4. The van der Waals surface area contributed by atoms with Crippen LogP contribution in [-0.2, 0) is 0 Å². The highest BCUT2D eigenvalue weighted by Gasteiger charge is 2.42. The topological polar surface area (TPSA) is 34.1 Å². The van der Waals surface area contributed by atoms with E-state index in [2.05, 4.69) is 0 Å². The number of benzene rings is 3. The fourth-order valence-corrected chi connectivity index (χ4v) is 3.95. The third kappa shape index (κ3) is 2.98. The number of fused-ring (bicyclic) bond motifs is 3. The van der Waals surface area contributed by atoms with Crippen LogP contribution in [0.3, 0.4) is 0 Å². The van der Waals surface area contributed by atoms with E-state index in [0.717, 1.165) is 29.0 Å². The van der Waals surface area contributed by atoms with Crippen molar-refractivity contribution in [2.45, 2.75) is 18.7 Å². The molecule has 4 nitrogen and oxygen atoms in total. The molecule has 7 heteroatoms. The molecule has 2 heterocycles. The SMILES string of the molecule is COc1cccc2c1O[C@@H](c1ccc(F)c(F)c1)N1N=C(c3ccc(F)cc3)C[C@@H]21. The average Bonchev–Trinajstić information content (AvgIpc) is 3.21. The Bertz CT molecular complexity index is 1150. The summed E-state index contributed by atoms with van der Waals surface area (Å²) in [4.78, 5) is 0. The van der Waals surface area contributed by atoms with Crippen LogP contribution in [-0.4, -0.2) is 17.8 Å². The first-order chi connectivity index (χ1) is 14.5. The van der Waals surface area contributed by atoms with Gasteiger partial charge in [-0.3, -0.25) is 0 Å². The van der Waals surface area contributed by atoms with E-state index in [1.807, 2.05) is 12.1 Å². The van der Waals surface area contributed by atoms with Crippen LogP contribution in [0.4, 0.5) is 13.2 Å². The highest BCUT2D eigenvalue weighted by atomic mass is 19.2. The number of ether oxygens (including phenoxy) is 2. The molecule has 5 rings (SSSR count). The number of nitrogens with zero attached hydrogens (tertiary/aromatic N) is 2. The highest BCUT2D eigenvalue weighted by molar-refractivity contribution is 6.02. The first-order valence-corrected chi connectivity index (χ1v) is 9.45. The van der Waals surface area contributed by atoms with Crippen molar-refractivity contribution in [3.63, 3.8) is 0 Å². The number of hydrazone groups is 1. The van der Waals surface area contributed by atoms with Gasteiger partial charge in [0.05, 0.1) is 18.9 Å². The highest BCUT2D eigenvalue weighted by Crippen LogP contribution is 2.50. The Morgan fingerprint density at radius 1 is 1.00 bits per heavy atom. The van der Waals surface area contributed by atoms with Crippen molar-refractivity contribution in [3.05, 3.63) is 94.8 Å². The van der Waals surface area contributed by atoms with Crippen LogP contribution in [0.2, 0.25) is 0 Å². The maximum absolute atomic E-state index is 14.0. The fraction of sp³-hybridized carbons (Fsp3) is 0.174. The number of hydrogen-bond donors (Lipinski definition) is 0. The van der Waals surface area contributed by atoms with Crippen molar-refractivity contribution in [3.8, 4) is 11.5 Å². The van der Waals surface area contributed by atoms with Crippen molar-refractivity contribution < 1.29 is 22.6 Å². The molecule has 0 amide bonds. The van der Waals surface area contributed by atoms with E-state index >= 15 is 0 Å². The molecule has 0 unspecified atom stereocenters. The summed E-state index contributed by atoms with van der Waals surface area (Å²) in [5, 5.41) is 6.46. The molecular formula is C23H17F3N2O2. The van der Waals surface area contributed by atoms with Gasteiger partial charge in [-0.05, 0) is 35.9 Å². The van der Waals surface area contributed by atoms with Crippen LogP contribution in [0.1, 0.15) is 35.4 Å². The van der Waals surface area contributed by atoms with Gasteiger partial charge in [-0.2, -0.15) is 5.10 Å². The second-order valence-corrected chi connectivity index (χ2v) is 7.18. The van der Waals surface area contributed by atoms with Gasteiger partial charge < -0.3 is 9.47 Å². The van der Waals surface area contributed by atoms with Gasteiger partial charge in [-0.1, -0.05) is 30.3 Å². The van der Waals surface area contributed by atoms with E-state index in [1.54, 1.807) is 30.3 Å². The van der Waals surface area contributed by atoms with Gasteiger partial charge in [0.25, 0.3) is 0 Å². The van der Waals surface area contributed by atoms with Crippen molar-refractivity contribution in [2.24, 2.45) is 5.10 Å². The molecule has 0 radical (unpaired) electrons. The van der Waals surface area contributed by atoms with Crippen molar-refractivity contribution in [2.75, 3.05) is 7.11 Å². The minimum Gasteiger partial charge on any atom is -0.493 e. The molecule has 0 saturated heterocycles. The van der Waals surface area contributed by atoms with Crippen LogP contribution in [0.5, 0.6) is 11.5 Å². The molecule has 0 saturated carbocycles. The third-order valence-corrected chi connectivity index (χ3v) is 5.41. The molecule has 152 valence electrons. The van der Waals surface area contributed by atoms with Gasteiger partial charge in [-0.15, -0.1) is 0 Å². The Kier molecular flexibility index (Phi) is 4.38. The van der Waals surface area contributed by atoms with E-state index in [0.29, 0.717) is 23.5 Å². The standard InChI is InChI=1S/C23H17F3N2O2/c1-29-21-4-2-3-16-20-12-19(13-5-8-15(24)9-6-13)27-28(20)23(30-22(16)21)14-7-10-17(25)18(26)11-14/h2-11,20,23H,12H2,1H3/t20-,23-/m0/s1. The summed E-state index contributed by atoms with van der Waals surface area (Å²) >= 11 is 0. The molecule has 2 aliphatic heterocycles. The van der Waals surface area contributed by atoms with Gasteiger partial charge in [-0.25, -0.2) is 18.2 Å². The van der Waals surface area contributed by atoms with Gasteiger partial charge in [0.2, 0.25) is 6.23 Å². The molecule has 30 heavy (non-hydrogen) atoms. The third-order valence-electron chi connectivity index (χ3n) is 5.41. The summed E-state index contributed by atoms with van der Waals surface area (Å²) in [6, 6.07) is 15.2. The van der Waals surface area contributed by atoms with Crippen LogP contribution < -0.4 is 9.47 Å². The zero-order chi connectivity index (χ0) is 20.8. The van der Waals surface area contributed by atoms with Crippen molar-refractivity contribution in [1.29, 1.82) is 0 Å². The lowest BCUT2D eigenvalue weighted by Crippen LogP contribution is -2.34. The van der Waals surface area contributed by atoms with E-state index in [4.69, 9.17) is 14.6 Å². The van der Waals surface area contributed by atoms with Crippen LogP contribution in [0.25, 0.3) is 0 Å². The van der Waals surface area contributed by atoms with Crippen LogP contribution in [0.15, 0.2) is 65.8 Å². The number of methoxy groups -OCH3 is 1. The average molecular weight is 410 g/mol. The van der Waals surface area contributed by atoms with Gasteiger partial charge in [0.1, 0.15) is 5.82 Å². The molecule has 0 aromatic heterocycles. The summed E-state index contributed by atoms with van der Waals surface area (Å²) in [6.45, 7) is 0. The first kappa shape index (κ1) is 18.5. The molecule has 0 bridgehead atoms. The number of halogens is 3. The Labute approximate surface area is 171 Å². The van der Waals surface area contributed by atoms with E-state index in [1.165, 1.54) is 18.2 Å². The largest absolute Gasteiger partial charge is 0.493 e. The summed E-state index contributed by atoms with van der Waals surface area (Å²) < 4.78 is 52.5. The van der Waals surface area contributed by atoms with Crippen molar-refractivity contribution >= 4 is 5.71 Å². The lowest BCUT2D eigenvalue weighted by molar-refractivity contribution is -0.0211. The Morgan fingerprint density at radius 3 is 2.53 bits per heavy atom. The zero-order valence-electron chi connectivity index (χ0n) is 16.0. The molecule has 0 fully saturated rings. The summed E-state index contributed by atoms with van der Waals surface area (Å²) in [5.41, 5.74) is 2.86. The summed E-state index contributed by atoms with van der Waals surface area (Å²) in [5.74, 6) is -1.11. The second kappa shape index (κ2) is 7.09. The molecule has 0 spiro atoms. The summed E-state index contributed by atoms with van der Waals surface area (Å²) in [6.07, 6.45) is -0.221. The van der Waals surface area contributed by atoms with Gasteiger partial charge >= 0.3 is 0 Å². The van der Waals surface area contributed by atoms with Crippen LogP contribution >= 0.6 is 0 Å². The van der Waals surface area contributed by atoms with Crippen LogP contribution in [0, 0.1) is 17.5 Å². The Morgan fingerprint density at radius 2 is 1.80 bits per heavy atom. The lowest BCUT2D eigenvalue weighted by atomic mass is 9.95. The quantitative estimate of drug-likeness (QED) is 0.583. The minimum absolute atomic E-state index is 0.193. The monoisotopic (exact) mass is 410 g/mol. The van der Waals surface area contributed by atoms with Gasteiger partial charge in [0.15, 0.2) is 23.1 Å². The molecule has 0 N–H and O–H groups in total. The normalized spacial score (nSPS) is 19.6. The summed E-state index contributed by atoms with van der Waals surface area (Å²) in [7, 11) is 1.55. The Hall–Kier alpha value is -3.48. The maximum Gasteiger partial charge on any atom is 0.214 e. The smallest absolute Gasteiger partial charge is 0.214 e. The number of para-hydroxylation sites is 1. The minimum atomic E-state index is -0.958. The Balaban J connectivity index is 1.62. The zero-order valence-corrected chi connectivity index (χ0v) is 16.0. The van der Waals surface area contributed by atoms with E-state index in [9.17, 15) is 13.2 Å². The van der Waals surface area contributed by atoms with E-state index in [-0.39, 0.29) is 11.9 Å².